The largest absolute Gasteiger partial charge is 0.306 e. The van der Waals surface area contributed by atoms with E-state index in [1.165, 1.54) is 0 Å². The zero-order valence-corrected chi connectivity index (χ0v) is 7.63. The summed E-state index contributed by atoms with van der Waals surface area (Å²) in [5, 5.41) is 0. The van der Waals surface area contributed by atoms with Gasteiger partial charge in [0.05, 0.1) is 0 Å². The second-order valence-corrected chi connectivity index (χ2v) is 3.80. The molecule has 11 heavy (non-hydrogen) atoms. The molecule has 1 fully saturated rings. The third-order valence-electron chi connectivity index (χ3n) is 2.36. The summed E-state index contributed by atoms with van der Waals surface area (Å²) in [6, 6.07) is 0. The fourth-order valence-corrected chi connectivity index (χ4v) is 1.64. The molecule has 1 aliphatic heterocycles. The van der Waals surface area contributed by atoms with Gasteiger partial charge in [-0.25, -0.2) is 0 Å². The van der Waals surface area contributed by atoms with Crippen LogP contribution in [0.25, 0.3) is 0 Å². The van der Waals surface area contributed by atoms with Gasteiger partial charge in [-0.05, 0) is 20.0 Å². The minimum atomic E-state index is 0.214. The molecule has 0 radical (unpaired) electrons. The molecule has 1 aliphatic rings. The maximum absolute atomic E-state index is 11.5. The minimum absolute atomic E-state index is 0.214. The number of carbonyl (C=O) groups excluding carboxylic acids is 1. The van der Waals surface area contributed by atoms with Gasteiger partial charge >= 0.3 is 0 Å². The molecule has 0 spiro atoms. The number of Topliss-reactive ketones (excluding diaryl/α,β-unsaturated/α-hetero) is 1. The maximum atomic E-state index is 11.5. The maximum Gasteiger partial charge on any atom is 0.139 e. The first kappa shape index (κ1) is 8.72. The van der Waals surface area contributed by atoms with E-state index in [1.807, 2.05) is 13.8 Å². The van der Waals surface area contributed by atoms with Gasteiger partial charge in [-0.1, -0.05) is 13.8 Å². The monoisotopic (exact) mass is 155 g/mol. The van der Waals surface area contributed by atoms with E-state index in [9.17, 15) is 4.79 Å². The molecule has 0 amide bonds. The molecule has 2 nitrogen and oxygen atoms in total. The highest BCUT2D eigenvalue weighted by atomic mass is 16.1. The van der Waals surface area contributed by atoms with Crippen molar-refractivity contribution in [3.8, 4) is 0 Å². The first-order chi connectivity index (χ1) is 5.11. The summed E-state index contributed by atoms with van der Waals surface area (Å²) in [5.41, 5.74) is 0. The van der Waals surface area contributed by atoms with Gasteiger partial charge in [0.15, 0.2) is 0 Å². The molecular formula is C9H17NO. The Morgan fingerprint density at radius 3 is 2.55 bits per heavy atom. The summed E-state index contributed by atoms with van der Waals surface area (Å²) in [5.74, 6) is 0.973. The molecule has 1 unspecified atom stereocenters. The van der Waals surface area contributed by atoms with Crippen LogP contribution in [-0.2, 0) is 4.79 Å². The topological polar surface area (TPSA) is 20.3 Å². The van der Waals surface area contributed by atoms with E-state index in [0.717, 1.165) is 19.5 Å². The highest BCUT2D eigenvalue weighted by molar-refractivity contribution is 5.83. The number of ketones is 1. The SMILES string of the molecule is CC(C)C(=O)C1CCN(C)C1. The van der Waals surface area contributed by atoms with Crippen molar-refractivity contribution in [2.24, 2.45) is 11.8 Å². The molecule has 1 heterocycles. The lowest BCUT2D eigenvalue weighted by Crippen LogP contribution is -2.22. The van der Waals surface area contributed by atoms with Crippen molar-refractivity contribution >= 4 is 5.78 Å². The fraction of sp³-hybridized carbons (Fsp3) is 0.889. The van der Waals surface area contributed by atoms with E-state index in [0.29, 0.717) is 11.7 Å². The Kier molecular flexibility index (Phi) is 2.66. The summed E-state index contributed by atoms with van der Waals surface area (Å²) in [6.07, 6.45) is 1.06. The molecule has 0 aromatic rings. The number of nitrogens with zero attached hydrogens (tertiary/aromatic N) is 1. The molecule has 0 saturated carbocycles. The van der Waals surface area contributed by atoms with Crippen molar-refractivity contribution in [3.05, 3.63) is 0 Å². The van der Waals surface area contributed by atoms with Gasteiger partial charge in [0.1, 0.15) is 5.78 Å². The van der Waals surface area contributed by atoms with Crippen LogP contribution in [0, 0.1) is 11.8 Å². The molecule has 1 atom stereocenters. The van der Waals surface area contributed by atoms with Gasteiger partial charge in [-0.3, -0.25) is 4.79 Å². The number of hydrogen-bond donors (Lipinski definition) is 0. The standard InChI is InChI=1S/C9H17NO/c1-7(2)9(11)8-4-5-10(3)6-8/h7-8H,4-6H2,1-3H3. The summed E-state index contributed by atoms with van der Waals surface area (Å²) < 4.78 is 0. The van der Waals surface area contributed by atoms with Crippen LogP contribution in [0.2, 0.25) is 0 Å². The zero-order chi connectivity index (χ0) is 8.43. The second kappa shape index (κ2) is 3.35. The zero-order valence-electron chi connectivity index (χ0n) is 7.63. The summed E-state index contributed by atoms with van der Waals surface area (Å²) in [6.45, 7) is 6.03. The second-order valence-electron chi connectivity index (χ2n) is 3.80. The molecule has 0 bridgehead atoms. The molecule has 1 saturated heterocycles. The molecule has 0 aromatic heterocycles. The Morgan fingerprint density at radius 2 is 2.18 bits per heavy atom. The van der Waals surface area contributed by atoms with Crippen molar-refractivity contribution in [3.63, 3.8) is 0 Å². The number of hydrogen-bond acceptors (Lipinski definition) is 2. The van der Waals surface area contributed by atoms with Gasteiger partial charge in [0.25, 0.3) is 0 Å². The van der Waals surface area contributed by atoms with Crippen LogP contribution < -0.4 is 0 Å². The van der Waals surface area contributed by atoms with Crippen LogP contribution in [0.3, 0.4) is 0 Å². The lowest BCUT2D eigenvalue weighted by Gasteiger charge is -2.11. The van der Waals surface area contributed by atoms with Gasteiger partial charge in [-0.2, -0.15) is 0 Å². The normalized spacial score (nSPS) is 26.4. The average Bonchev–Trinajstić information content (AvgIpc) is 2.34. The van der Waals surface area contributed by atoms with Crippen molar-refractivity contribution < 1.29 is 4.79 Å². The minimum Gasteiger partial charge on any atom is -0.306 e. The van der Waals surface area contributed by atoms with E-state index in [4.69, 9.17) is 0 Å². The Bertz CT molecular complexity index is 154. The Hall–Kier alpha value is -0.370. The van der Waals surface area contributed by atoms with Crippen molar-refractivity contribution in [1.29, 1.82) is 0 Å². The number of likely N-dealkylation sites (tertiary alicyclic amines) is 1. The van der Waals surface area contributed by atoms with Gasteiger partial charge in [0, 0.05) is 18.4 Å². The van der Waals surface area contributed by atoms with Crippen molar-refractivity contribution in [2.75, 3.05) is 20.1 Å². The van der Waals surface area contributed by atoms with Crippen LogP contribution in [0.5, 0.6) is 0 Å². The summed E-state index contributed by atoms with van der Waals surface area (Å²) in [4.78, 5) is 13.7. The van der Waals surface area contributed by atoms with Gasteiger partial charge in [0.2, 0.25) is 0 Å². The van der Waals surface area contributed by atoms with Crippen LogP contribution in [0.1, 0.15) is 20.3 Å². The van der Waals surface area contributed by atoms with E-state index in [1.54, 1.807) is 0 Å². The first-order valence-corrected chi connectivity index (χ1v) is 4.33. The van der Waals surface area contributed by atoms with Gasteiger partial charge in [-0.15, -0.1) is 0 Å². The molecule has 0 aromatic carbocycles. The fourth-order valence-electron chi connectivity index (χ4n) is 1.64. The Morgan fingerprint density at radius 1 is 1.55 bits per heavy atom. The molecule has 0 aliphatic carbocycles. The van der Waals surface area contributed by atoms with E-state index < -0.39 is 0 Å². The highest BCUT2D eigenvalue weighted by Gasteiger charge is 2.27. The number of rotatable bonds is 2. The molecule has 1 rings (SSSR count). The van der Waals surface area contributed by atoms with Crippen molar-refractivity contribution in [1.82, 2.24) is 4.90 Å². The van der Waals surface area contributed by atoms with Crippen LogP contribution >= 0.6 is 0 Å². The van der Waals surface area contributed by atoms with E-state index in [2.05, 4.69) is 11.9 Å². The predicted molar refractivity (Wildman–Crippen MR) is 45.4 cm³/mol. The molecule has 64 valence electrons. The quantitative estimate of drug-likeness (QED) is 0.596. The van der Waals surface area contributed by atoms with Crippen LogP contribution in [0.15, 0.2) is 0 Å². The average molecular weight is 155 g/mol. The van der Waals surface area contributed by atoms with E-state index >= 15 is 0 Å². The van der Waals surface area contributed by atoms with Crippen LogP contribution in [-0.4, -0.2) is 30.8 Å². The summed E-state index contributed by atoms with van der Waals surface area (Å²) in [7, 11) is 2.08. The Balaban J connectivity index is 2.43. The third-order valence-corrected chi connectivity index (χ3v) is 2.36. The van der Waals surface area contributed by atoms with E-state index in [-0.39, 0.29) is 5.92 Å². The lowest BCUT2D eigenvalue weighted by molar-refractivity contribution is -0.125. The third kappa shape index (κ3) is 2.03. The predicted octanol–water partition coefficient (Wildman–Crippen LogP) is 1.16. The Labute approximate surface area is 68.6 Å². The number of carbonyl (C=O) groups is 1. The summed E-state index contributed by atoms with van der Waals surface area (Å²) >= 11 is 0. The first-order valence-electron chi connectivity index (χ1n) is 4.33. The van der Waals surface area contributed by atoms with Gasteiger partial charge < -0.3 is 4.90 Å². The highest BCUT2D eigenvalue weighted by Crippen LogP contribution is 2.18. The van der Waals surface area contributed by atoms with Crippen LogP contribution in [0.4, 0.5) is 0 Å². The smallest absolute Gasteiger partial charge is 0.139 e. The lowest BCUT2D eigenvalue weighted by atomic mass is 9.95. The molecule has 2 heteroatoms. The molecule has 0 N–H and O–H groups in total. The molecular weight excluding hydrogens is 138 g/mol. The van der Waals surface area contributed by atoms with Crippen molar-refractivity contribution in [2.45, 2.75) is 20.3 Å².